The third-order valence-electron chi connectivity index (χ3n) is 3.05. The predicted octanol–water partition coefficient (Wildman–Crippen LogP) is 1.86. The van der Waals surface area contributed by atoms with Crippen LogP contribution in [0.1, 0.15) is 25.5 Å². The molecule has 1 N–H and O–H groups in total. The van der Waals surface area contributed by atoms with Gasteiger partial charge in [0.2, 0.25) is 0 Å². The Kier molecular flexibility index (Phi) is 2.50. The van der Waals surface area contributed by atoms with Gasteiger partial charge in [-0.05, 0) is 38.1 Å². The van der Waals surface area contributed by atoms with Crippen molar-refractivity contribution in [1.82, 2.24) is 10.3 Å². The summed E-state index contributed by atoms with van der Waals surface area (Å²) in [4.78, 5) is 4.17. The molecule has 76 valence electrons. The first kappa shape index (κ1) is 9.59. The van der Waals surface area contributed by atoms with Crippen molar-refractivity contribution in [3.8, 4) is 0 Å². The average Bonchev–Trinajstić information content (AvgIpc) is 2.19. The lowest BCUT2D eigenvalue weighted by atomic mass is 9.78. The molecule has 1 aliphatic rings. The number of piperidine rings is 1. The van der Waals surface area contributed by atoms with Crippen LogP contribution in [0.25, 0.3) is 0 Å². The van der Waals surface area contributed by atoms with E-state index in [1.54, 1.807) is 6.07 Å². The molecule has 0 atom stereocenters. The molecule has 1 fully saturated rings. The lowest BCUT2D eigenvalue weighted by Gasteiger charge is -2.33. The van der Waals surface area contributed by atoms with Crippen molar-refractivity contribution >= 4 is 0 Å². The Morgan fingerprint density at radius 3 is 2.64 bits per heavy atom. The number of nitrogens with one attached hydrogen (secondary N) is 1. The van der Waals surface area contributed by atoms with Crippen molar-refractivity contribution < 1.29 is 4.39 Å². The summed E-state index contributed by atoms with van der Waals surface area (Å²) in [6, 6.07) is 3.30. The first-order valence-electron chi connectivity index (χ1n) is 5.03. The molecule has 0 radical (unpaired) electrons. The summed E-state index contributed by atoms with van der Waals surface area (Å²) in [6.45, 7) is 4.25. The molecule has 2 rings (SSSR count). The zero-order valence-electron chi connectivity index (χ0n) is 8.39. The van der Waals surface area contributed by atoms with Gasteiger partial charge in [0.05, 0.1) is 6.20 Å². The van der Waals surface area contributed by atoms with Crippen molar-refractivity contribution in [2.75, 3.05) is 13.1 Å². The number of nitrogens with zero attached hydrogens (tertiary/aromatic N) is 1. The van der Waals surface area contributed by atoms with Crippen molar-refractivity contribution in [2.24, 2.45) is 0 Å². The first-order valence-corrected chi connectivity index (χ1v) is 5.03. The molecule has 3 heteroatoms. The van der Waals surface area contributed by atoms with Gasteiger partial charge in [-0.15, -0.1) is 0 Å². The van der Waals surface area contributed by atoms with E-state index in [0.717, 1.165) is 31.6 Å². The molecule has 0 spiro atoms. The van der Waals surface area contributed by atoms with E-state index < -0.39 is 0 Å². The van der Waals surface area contributed by atoms with Crippen LogP contribution in [0.4, 0.5) is 4.39 Å². The first-order chi connectivity index (χ1) is 6.71. The molecule has 0 amide bonds. The van der Waals surface area contributed by atoms with Crippen LogP contribution < -0.4 is 5.32 Å². The Labute approximate surface area is 83.6 Å². The lowest BCUT2D eigenvalue weighted by Crippen LogP contribution is -2.38. The number of halogens is 1. The summed E-state index contributed by atoms with van der Waals surface area (Å²) in [7, 11) is 0. The van der Waals surface area contributed by atoms with Crippen LogP contribution in [-0.4, -0.2) is 18.1 Å². The fraction of sp³-hybridized carbons (Fsp3) is 0.545. The second kappa shape index (κ2) is 3.65. The molecular weight excluding hydrogens is 179 g/mol. The van der Waals surface area contributed by atoms with Crippen LogP contribution in [0.2, 0.25) is 0 Å². The third kappa shape index (κ3) is 1.77. The van der Waals surface area contributed by atoms with E-state index in [9.17, 15) is 4.39 Å². The summed E-state index contributed by atoms with van der Waals surface area (Å²) in [6.07, 6.45) is 3.46. The molecule has 1 saturated heterocycles. The van der Waals surface area contributed by atoms with Gasteiger partial charge in [-0.25, -0.2) is 4.39 Å². The highest BCUT2D eigenvalue weighted by molar-refractivity contribution is 5.17. The molecule has 0 unspecified atom stereocenters. The van der Waals surface area contributed by atoms with Gasteiger partial charge in [-0.2, -0.15) is 0 Å². The normalized spacial score (nSPS) is 20.7. The van der Waals surface area contributed by atoms with Gasteiger partial charge in [0.25, 0.3) is 0 Å². The summed E-state index contributed by atoms with van der Waals surface area (Å²) in [5.41, 5.74) is 1.14. The van der Waals surface area contributed by atoms with Gasteiger partial charge in [-0.1, -0.05) is 6.92 Å². The molecule has 1 aliphatic heterocycles. The summed E-state index contributed by atoms with van der Waals surface area (Å²) in [5.74, 6) is -0.258. The monoisotopic (exact) mass is 194 g/mol. The van der Waals surface area contributed by atoms with E-state index in [1.165, 1.54) is 12.3 Å². The van der Waals surface area contributed by atoms with Crippen LogP contribution in [0, 0.1) is 5.82 Å². The number of aromatic nitrogens is 1. The van der Waals surface area contributed by atoms with E-state index >= 15 is 0 Å². The molecular formula is C11H15FN2. The van der Waals surface area contributed by atoms with Gasteiger partial charge in [-0.3, -0.25) is 4.98 Å². The summed E-state index contributed by atoms with van der Waals surface area (Å²) >= 11 is 0. The quantitative estimate of drug-likeness (QED) is 0.738. The Balaban J connectivity index is 2.23. The van der Waals surface area contributed by atoms with Gasteiger partial charge in [0, 0.05) is 11.1 Å². The van der Waals surface area contributed by atoms with Gasteiger partial charge in [0.15, 0.2) is 0 Å². The SMILES string of the molecule is CC1(c2ccc(F)cn2)CCNCC1. The molecule has 1 aromatic heterocycles. The van der Waals surface area contributed by atoms with E-state index in [4.69, 9.17) is 0 Å². The second-order valence-corrected chi connectivity index (χ2v) is 4.17. The van der Waals surface area contributed by atoms with E-state index in [1.807, 2.05) is 0 Å². The molecule has 1 aromatic rings. The van der Waals surface area contributed by atoms with Crippen LogP contribution in [0.3, 0.4) is 0 Å². The zero-order valence-corrected chi connectivity index (χ0v) is 8.39. The van der Waals surface area contributed by atoms with Crippen LogP contribution >= 0.6 is 0 Å². The highest BCUT2D eigenvalue weighted by Crippen LogP contribution is 2.31. The molecule has 2 heterocycles. The van der Waals surface area contributed by atoms with Crippen molar-refractivity contribution in [1.29, 1.82) is 0 Å². The Morgan fingerprint density at radius 2 is 2.07 bits per heavy atom. The van der Waals surface area contributed by atoms with Crippen LogP contribution in [0.5, 0.6) is 0 Å². The maximum atomic E-state index is 12.7. The number of hydrogen-bond donors (Lipinski definition) is 1. The van der Waals surface area contributed by atoms with Crippen LogP contribution in [-0.2, 0) is 5.41 Å². The topological polar surface area (TPSA) is 24.9 Å². The largest absolute Gasteiger partial charge is 0.317 e. The number of pyridine rings is 1. The smallest absolute Gasteiger partial charge is 0.141 e. The van der Waals surface area contributed by atoms with Gasteiger partial charge >= 0.3 is 0 Å². The highest BCUT2D eigenvalue weighted by atomic mass is 19.1. The van der Waals surface area contributed by atoms with E-state index in [0.29, 0.717) is 0 Å². The minimum atomic E-state index is -0.258. The fourth-order valence-electron chi connectivity index (χ4n) is 1.97. The number of rotatable bonds is 1. The Morgan fingerprint density at radius 1 is 1.36 bits per heavy atom. The van der Waals surface area contributed by atoms with Gasteiger partial charge < -0.3 is 5.32 Å². The minimum absolute atomic E-state index is 0.124. The molecule has 0 aromatic carbocycles. The number of hydrogen-bond acceptors (Lipinski definition) is 2. The highest BCUT2D eigenvalue weighted by Gasteiger charge is 2.29. The fourth-order valence-corrected chi connectivity index (χ4v) is 1.97. The summed E-state index contributed by atoms with van der Waals surface area (Å²) < 4.78 is 12.7. The molecule has 0 saturated carbocycles. The van der Waals surface area contributed by atoms with Crippen LogP contribution in [0.15, 0.2) is 18.3 Å². The zero-order chi connectivity index (χ0) is 10.0. The maximum Gasteiger partial charge on any atom is 0.141 e. The molecule has 0 bridgehead atoms. The summed E-state index contributed by atoms with van der Waals surface area (Å²) in [5, 5.41) is 3.32. The van der Waals surface area contributed by atoms with Crippen molar-refractivity contribution in [3.05, 3.63) is 29.8 Å². The predicted molar refractivity (Wildman–Crippen MR) is 53.7 cm³/mol. The third-order valence-corrected chi connectivity index (χ3v) is 3.05. The lowest BCUT2D eigenvalue weighted by molar-refractivity contribution is 0.327. The van der Waals surface area contributed by atoms with E-state index in [-0.39, 0.29) is 11.2 Å². The van der Waals surface area contributed by atoms with Crippen molar-refractivity contribution in [2.45, 2.75) is 25.2 Å². The Hall–Kier alpha value is -0.960. The van der Waals surface area contributed by atoms with Crippen molar-refractivity contribution in [3.63, 3.8) is 0 Å². The average molecular weight is 194 g/mol. The Bertz CT molecular complexity index is 302. The standard InChI is InChI=1S/C11H15FN2/c1-11(4-6-13-7-5-11)10-3-2-9(12)8-14-10/h2-3,8,13H,4-7H2,1H3. The van der Waals surface area contributed by atoms with E-state index in [2.05, 4.69) is 17.2 Å². The molecule has 0 aliphatic carbocycles. The molecule has 2 nitrogen and oxygen atoms in total. The van der Waals surface area contributed by atoms with Gasteiger partial charge in [0.1, 0.15) is 5.82 Å². The minimum Gasteiger partial charge on any atom is -0.317 e. The second-order valence-electron chi connectivity index (χ2n) is 4.17. The molecule has 14 heavy (non-hydrogen) atoms. The maximum absolute atomic E-state index is 12.7.